The molecule has 1 unspecified atom stereocenters. The standard InChI is InChI=1S/C10H14OS/c1-3-9-6-7-10(12-9)5-4-8(2)11/h4-8,11H,3H2,1-2H3/b5-4+. The fourth-order valence-corrected chi connectivity index (χ4v) is 1.77. The van der Waals surface area contributed by atoms with Crippen molar-refractivity contribution in [3.63, 3.8) is 0 Å². The predicted molar refractivity (Wildman–Crippen MR) is 54.4 cm³/mol. The third-order valence-electron chi connectivity index (χ3n) is 1.57. The first-order valence-electron chi connectivity index (χ1n) is 4.17. The second kappa shape index (κ2) is 4.43. The van der Waals surface area contributed by atoms with Crippen molar-refractivity contribution >= 4 is 17.4 Å². The third-order valence-corrected chi connectivity index (χ3v) is 2.76. The second-order valence-electron chi connectivity index (χ2n) is 2.76. The molecule has 1 nitrogen and oxygen atoms in total. The highest BCUT2D eigenvalue weighted by Crippen LogP contribution is 2.18. The molecule has 1 N–H and O–H groups in total. The first-order chi connectivity index (χ1) is 5.72. The number of hydrogen-bond acceptors (Lipinski definition) is 2. The molecule has 0 aliphatic rings. The Morgan fingerprint density at radius 2 is 2.33 bits per heavy atom. The molecular formula is C10H14OS. The summed E-state index contributed by atoms with van der Waals surface area (Å²) >= 11 is 1.78. The van der Waals surface area contributed by atoms with Crippen LogP contribution < -0.4 is 0 Å². The molecule has 0 amide bonds. The van der Waals surface area contributed by atoms with Crippen LogP contribution in [0.5, 0.6) is 0 Å². The molecule has 0 bridgehead atoms. The van der Waals surface area contributed by atoms with E-state index in [1.165, 1.54) is 9.75 Å². The Labute approximate surface area is 77.4 Å². The molecule has 0 fully saturated rings. The van der Waals surface area contributed by atoms with E-state index in [9.17, 15) is 0 Å². The summed E-state index contributed by atoms with van der Waals surface area (Å²) in [5.41, 5.74) is 0. The quantitative estimate of drug-likeness (QED) is 0.762. The molecule has 1 aromatic heterocycles. The van der Waals surface area contributed by atoms with Gasteiger partial charge in [-0.2, -0.15) is 0 Å². The van der Waals surface area contributed by atoms with Gasteiger partial charge in [0, 0.05) is 9.75 Å². The molecule has 0 saturated carbocycles. The average Bonchev–Trinajstić information content (AvgIpc) is 2.48. The Kier molecular flexibility index (Phi) is 3.50. The van der Waals surface area contributed by atoms with Gasteiger partial charge < -0.3 is 5.11 Å². The summed E-state index contributed by atoms with van der Waals surface area (Å²) in [4.78, 5) is 2.60. The van der Waals surface area contributed by atoms with Crippen LogP contribution in [0.1, 0.15) is 23.6 Å². The van der Waals surface area contributed by atoms with E-state index in [-0.39, 0.29) is 6.10 Å². The predicted octanol–water partition coefficient (Wildman–Crippen LogP) is 2.70. The molecule has 0 saturated heterocycles. The Bertz CT molecular complexity index is 261. The number of aliphatic hydroxyl groups is 1. The molecule has 66 valence electrons. The first kappa shape index (κ1) is 9.49. The van der Waals surface area contributed by atoms with E-state index in [1.54, 1.807) is 24.3 Å². The minimum Gasteiger partial charge on any atom is -0.389 e. The normalized spacial score (nSPS) is 13.9. The smallest absolute Gasteiger partial charge is 0.0696 e. The third kappa shape index (κ3) is 2.80. The summed E-state index contributed by atoms with van der Waals surface area (Å²) in [6.45, 7) is 3.90. The summed E-state index contributed by atoms with van der Waals surface area (Å²) in [5.74, 6) is 0. The van der Waals surface area contributed by atoms with Crippen LogP contribution in [0, 0.1) is 0 Å². The fraction of sp³-hybridized carbons (Fsp3) is 0.400. The van der Waals surface area contributed by atoms with Gasteiger partial charge in [-0.3, -0.25) is 0 Å². The van der Waals surface area contributed by atoms with Crippen LogP contribution in [0.25, 0.3) is 6.08 Å². The minimum atomic E-state index is -0.350. The summed E-state index contributed by atoms with van der Waals surface area (Å²) in [5, 5.41) is 9.00. The Morgan fingerprint density at radius 1 is 1.58 bits per heavy atom. The van der Waals surface area contributed by atoms with E-state index >= 15 is 0 Å². The highest BCUT2D eigenvalue weighted by Gasteiger charge is 1.94. The largest absolute Gasteiger partial charge is 0.389 e. The monoisotopic (exact) mass is 182 g/mol. The maximum atomic E-state index is 9.00. The van der Waals surface area contributed by atoms with E-state index in [4.69, 9.17) is 5.11 Å². The fourth-order valence-electron chi connectivity index (χ4n) is 0.908. The topological polar surface area (TPSA) is 20.2 Å². The van der Waals surface area contributed by atoms with Crippen LogP contribution in [-0.2, 0) is 6.42 Å². The molecule has 12 heavy (non-hydrogen) atoms. The van der Waals surface area contributed by atoms with E-state index in [1.807, 2.05) is 6.08 Å². The lowest BCUT2D eigenvalue weighted by Gasteiger charge is -1.91. The lowest BCUT2D eigenvalue weighted by atomic mass is 10.3. The van der Waals surface area contributed by atoms with Crippen LogP contribution in [0.2, 0.25) is 0 Å². The molecule has 2 heteroatoms. The van der Waals surface area contributed by atoms with Gasteiger partial charge >= 0.3 is 0 Å². The summed E-state index contributed by atoms with van der Waals surface area (Å²) in [6, 6.07) is 4.22. The summed E-state index contributed by atoms with van der Waals surface area (Å²) in [7, 11) is 0. The second-order valence-corrected chi connectivity index (χ2v) is 3.96. The molecule has 0 aliphatic heterocycles. The van der Waals surface area contributed by atoms with Crippen molar-refractivity contribution in [3.05, 3.63) is 28.0 Å². The van der Waals surface area contributed by atoms with Crippen molar-refractivity contribution in [2.75, 3.05) is 0 Å². The van der Waals surface area contributed by atoms with Gasteiger partial charge in [0.2, 0.25) is 0 Å². The van der Waals surface area contributed by atoms with Crippen LogP contribution in [0.3, 0.4) is 0 Å². The van der Waals surface area contributed by atoms with Crippen molar-refractivity contribution in [2.45, 2.75) is 26.4 Å². The lowest BCUT2D eigenvalue weighted by Crippen LogP contribution is -1.90. The lowest BCUT2D eigenvalue weighted by molar-refractivity contribution is 0.245. The van der Waals surface area contributed by atoms with Crippen molar-refractivity contribution in [1.82, 2.24) is 0 Å². The van der Waals surface area contributed by atoms with Crippen LogP contribution >= 0.6 is 11.3 Å². The average molecular weight is 182 g/mol. The molecule has 1 aromatic rings. The van der Waals surface area contributed by atoms with Crippen molar-refractivity contribution in [2.24, 2.45) is 0 Å². The van der Waals surface area contributed by atoms with Gasteiger partial charge in [0.25, 0.3) is 0 Å². The van der Waals surface area contributed by atoms with Gasteiger partial charge in [-0.25, -0.2) is 0 Å². The summed E-state index contributed by atoms with van der Waals surface area (Å²) in [6.07, 6.45) is 4.50. The highest BCUT2D eigenvalue weighted by molar-refractivity contribution is 7.12. The van der Waals surface area contributed by atoms with Crippen LogP contribution in [0.15, 0.2) is 18.2 Å². The number of aryl methyl sites for hydroxylation is 1. The molecule has 0 aliphatic carbocycles. The van der Waals surface area contributed by atoms with Crippen LogP contribution in [0.4, 0.5) is 0 Å². The van der Waals surface area contributed by atoms with E-state index in [0.717, 1.165) is 6.42 Å². The maximum absolute atomic E-state index is 9.00. The Morgan fingerprint density at radius 3 is 2.83 bits per heavy atom. The van der Waals surface area contributed by atoms with Crippen molar-refractivity contribution in [3.8, 4) is 0 Å². The molecule has 1 atom stereocenters. The summed E-state index contributed by atoms with van der Waals surface area (Å²) < 4.78 is 0. The Hall–Kier alpha value is -0.600. The van der Waals surface area contributed by atoms with Crippen molar-refractivity contribution in [1.29, 1.82) is 0 Å². The van der Waals surface area contributed by atoms with Gasteiger partial charge in [0.15, 0.2) is 0 Å². The molecule has 1 heterocycles. The Balaban J connectivity index is 2.63. The van der Waals surface area contributed by atoms with Crippen LogP contribution in [-0.4, -0.2) is 11.2 Å². The van der Waals surface area contributed by atoms with E-state index in [0.29, 0.717) is 0 Å². The van der Waals surface area contributed by atoms with Gasteiger partial charge in [-0.15, -0.1) is 11.3 Å². The number of hydrogen-bond donors (Lipinski definition) is 1. The molecule has 0 radical (unpaired) electrons. The number of thiophene rings is 1. The zero-order chi connectivity index (χ0) is 8.97. The maximum Gasteiger partial charge on any atom is 0.0696 e. The zero-order valence-electron chi connectivity index (χ0n) is 7.45. The van der Waals surface area contributed by atoms with Crippen molar-refractivity contribution < 1.29 is 5.11 Å². The molecule has 0 spiro atoms. The van der Waals surface area contributed by atoms with Gasteiger partial charge in [0.05, 0.1) is 6.10 Å². The molecular weight excluding hydrogens is 168 g/mol. The first-order valence-corrected chi connectivity index (χ1v) is 4.99. The van der Waals surface area contributed by atoms with E-state index in [2.05, 4.69) is 19.1 Å². The molecule has 0 aromatic carbocycles. The van der Waals surface area contributed by atoms with Gasteiger partial charge in [0.1, 0.15) is 0 Å². The number of aliphatic hydroxyl groups excluding tert-OH is 1. The number of rotatable bonds is 3. The minimum absolute atomic E-state index is 0.350. The van der Waals surface area contributed by atoms with E-state index < -0.39 is 0 Å². The zero-order valence-corrected chi connectivity index (χ0v) is 8.27. The van der Waals surface area contributed by atoms with Gasteiger partial charge in [-0.1, -0.05) is 13.0 Å². The SMILES string of the molecule is CCc1ccc(/C=C/C(C)O)s1. The van der Waals surface area contributed by atoms with Gasteiger partial charge in [-0.05, 0) is 31.6 Å². The highest BCUT2D eigenvalue weighted by atomic mass is 32.1. The molecule has 1 rings (SSSR count).